The molecular weight excluding hydrogens is 236 g/mol. The van der Waals surface area contributed by atoms with Gasteiger partial charge in [-0.1, -0.05) is 0 Å². The first kappa shape index (κ1) is 12.2. The third-order valence-electron chi connectivity index (χ3n) is 2.33. The SMILES string of the molecule is COc1cc(CCC(=O)Nc2ccn(C)n2)on1. The van der Waals surface area contributed by atoms with Crippen molar-refractivity contribution in [2.75, 3.05) is 12.4 Å². The molecule has 2 rings (SSSR count). The highest BCUT2D eigenvalue weighted by molar-refractivity contribution is 5.89. The number of amides is 1. The van der Waals surface area contributed by atoms with Gasteiger partial charge in [-0.05, 0) is 5.16 Å². The Morgan fingerprint density at radius 1 is 1.61 bits per heavy atom. The minimum Gasteiger partial charge on any atom is -0.479 e. The summed E-state index contributed by atoms with van der Waals surface area (Å²) in [7, 11) is 3.30. The molecule has 0 aliphatic rings. The maximum Gasteiger partial charge on any atom is 0.254 e. The van der Waals surface area contributed by atoms with Crippen LogP contribution in [-0.2, 0) is 18.3 Å². The first-order chi connectivity index (χ1) is 8.67. The number of hydrogen-bond donors (Lipinski definition) is 1. The third kappa shape index (κ3) is 3.09. The fourth-order valence-corrected chi connectivity index (χ4v) is 1.43. The van der Waals surface area contributed by atoms with Gasteiger partial charge in [-0.15, -0.1) is 0 Å². The zero-order valence-electron chi connectivity index (χ0n) is 10.2. The number of carbonyl (C=O) groups excluding carboxylic acids is 1. The first-order valence-corrected chi connectivity index (χ1v) is 5.46. The minimum absolute atomic E-state index is 0.121. The third-order valence-corrected chi connectivity index (χ3v) is 2.33. The molecule has 2 aromatic heterocycles. The normalized spacial score (nSPS) is 10.3. The Morgan fingerprint density at radius 3 is 3.06 bits per heavy atom. The number of ether oxygens (including phenoxy) is 1. The van der Waals surface area contributed by atoms with Crippen LogP contribution in [0.1, 0.15) is 12.2 Å². The quantitative estimate of drug-likeness (QED) is 0.855. The second-order valence-electron chi connectivity index (χ2n) is 3.76. The molecule has 1 N–H and O–H groups in total. The van der Waals surface area contributed by atoms with Gasteiger partial charge in [0.25, 0.3) is 5.88 Å². The Hall–Kier alpha value is -2.31. The lowest BCUT2D eigenvalue weighted by Gasteiger charge is -1.99. The summed E-state index contributed by atoms with van der Waals surface area (Å²) in [5, 5.41) is 10.4. The number of carbonyl (C=O) groups is 1. The molecule has 7 heteroatoms. The van der Waals surface area contributed by atoms with Gasteiger partial charge in [0.1, 0.15) is 5.76 Å². The van der Waals surface area contributed by atoms with Gasteiger partial charge in [0, 0.05) is 38.2 Å². The average molecular weight is 250 g/mol. The van der Waals surface area contributed by atoms with Crippen molar-refractivity contribution in [3.8, 4) is 5.88 Å². The number of rotatable bonds is 5. The van der Waals surface area contributed by atoms with E-state index < -0.39 is 0 Å². The van der Waals surface area contributed by atoms with Crippen molar-refractivity contribution in [1.82, 2.24) is 14.9 Å². The number of anilines is 1. The summed E-state index contributed by atoms with van der Waals surface area (Å²) in [5.74, 6) is 1.44. The molecule has 0 spiro atoms. The van der Waals surface area contributed by atoms with Crippen LogP contribution in [0.4, 0.5) is 5.82 Å². The van der Waals surface area contributed by atoms with Crippen LogP contribution in [0.2, 0.25) is 0 Å². The molecule has 0 saturated heterocycles. The van der Waals surface area contributed by atoms with Gasteiger partial charge in [0.2, 0.25) is 5.91 Å². The van der Waals surface area contributed by atoms with Crippen LogP contribution in [0, 0.1) is 0 Å². The second kappa shape index (κ2) is 5.35. The smallest absolute Gasteiger partial charge is 0.254 e. The monoisotopic (exact) mass is 250 g/mol. The predicted molar refractivity (Wildman–Crippen MR) is 63.2 cm³/mol. The van der Waals surface area contributed by atoms with Gasteiger partial charge < -0.3 is 14.6 Å². The number of aryl methyl sites for hydroxylation is 2. The van der Waals surface area contributed by atoms with E-state index in [-0.39, 0.29) is 5.91 Å². The molecule has 0 unspecified atom stereocenters. The molecule has 1 amide bonds. The van der Waals surface area contributed by atoms with Crippen molar-refractivity contribution >= 4 is 11.7 Å². The molecular formula is C11H14N4O3. The largest absolute Gasteiger partial charge is 0.479 e. The van der Waals surface area contributed by atoms with Crippen LogP contribution >= 0.6 is 0 Å². The molecule has 7 nitrogen and oxygen atoms in total. The zero-order chi connectivity index (χ0) is 13.0. The van der Waals surface area contributed by atoms with Gasteiger partial charge in [0.05, 0.1) is 7.11 Å². The number of hydrogen-bond acceptors (Lipinski definition) is 5. The molecule has 96 valence electrons. The van der Waals surface area contributed by atoms with Crippen LogP contribution in [-0.4, -0.2) is 28.0 Å². The summed E-state index contributed by atoms with van der Waals surface area (Å²) in [5.41, 5.74) is 0. The average Bonchev–Trinajstić information content (AvgIpc) is 2.95. The van der Waals surface area contributed by atoms with E-state index in [1.165, 1.54) is 7.11 Å². The molecule has 0 fully saturated rings. The highest BCUT2D eigenvalue weighted by Gasteiger charge is 2.08. The summed E-state index contributed by atoms with van der Waals surface area (Å²) in [4.78, 5) is 11.6. The van der Waals surface area contributed by atoms with E-state index in [0.717, 1.165) is 0 Å². The van der Waals surface area contributed by atoms with Crippen molar-refractivity contribution in [1.29, 1.82) is 0 Å². The van der Waals surface area contributed by atoms with Crippen molar-refractivity contribution in [3.05, 3.63) is 24.1 Å². The second-order valence-corrected chi connectivity index (χ2v) is 3.76. The number of methoxy groups -OCH3 is 1. The standard InChI is InChI=1S/C11H14N4O3/c1-15-6-5-9(13-15)12-10(16)4-3-8-7-11(17-2)14-18-8/h5-7H,3-4H2,1-2H3,(H,12,13,16). The molecule has 0 atom stereocenters. The molecule has 0 saturated carbocycles. The summed E-state index contributed by atoms with van der Waals surface area (Å²) >= 11 is 0. The molecule has 2 aromatic rings. The van der Waals surface area contributed by atoms with Gasteiger partial charge in [-0.2, -0.15) is 5.10 Å². The van der Waals surface area contributed by atoms with Gasteiger partial charge >= 0.3 is 0 Å². The summed E-state index contributed by atoms with van der Waals surface area (Å²) < 4.78 is 11.5. The van der Waals surface area contributed by atoms with E-state index in [2.05, 4.69) is 15.6 Å². The molecule has 0 bridgehead atoms. The first-order valence-electron chi connectivity index (χ1n) is 5.46. The summed E-state index contributed by atoms with van der Waals surface area (Å²) in [6, 6.07) is 3.39. The minimum atomic E-state index is -0.121. The number of nitrogens with one attached hydrogen (secondary N) is 1. The molecule has 0 aliphatic carbocycles. The molecule has 18 heavy (non-hydrogen) atoms. The lowest BCUT2D eigenvalue weighted by molar-refractivity contribution is -0.116. The van der Waals surface area contributed by atoms with Crippen LogP contribution in [0.3, 0.4) is 0 Å². The lowest BCUT2D eigenvalue weighted by atomic mass is 10.2. The van der Waals surface area contributed by atoms with Crippen molar-refractivity contribution in [2.24, 2.45) is 7.05 Å². The highest BCUT2D eigenvalue weighted by Crippen LogP contribution is 2.12. The van der Waals surface area contributed by atoms with Gasteiger partial charge in [-0.3, -0.25) is 9.48 Å². The van der Waals surface area contributed by atoms with E-state index >= 15 is 0 Å². The van der Waals surface area contributed by atoms with E-state index in [0.29, 0.717) is 30.3 Å². The Morgan fingerprint density at radius 2 is 2.44 bits per heavy atom. The molecule has 0 radical (unpaired) electrons. The number of nitrogens with zero attached hydrogens (tertiary/aromatic N) is 3. The summed E-state index contributed by atoms with van der Waals surface area (Å²) in [6.45, 7) is 0. The Balaban J connectivity index is 1.81. The zero-order valence-corrected chi connectivity index (χ0v) is 10.2. The van der Waals surface area contributed by atoms with Gasteiger partial charge in [-0.25, -0.2) is 0 Å². The van der Waals surface area contributed by atoms with Crippen LogP contribution in [0.5, 0.6) is 5.88 Å². The maximum atomic E-state index is 11.6. The molecule has 2 heterocycles. The number of aromatic nitrogens is 3. The topological polar surface area (TPSA) is 82.2 Å². The fraction of sp³-hybridized carbons (Fsp3) is 0.364. The van der Waals surface area contributed by atoms with Gasteiger partial charge in [0.15, 0.2) is 5.82 Å². The van der Waals surface area contributed by atoms with Crippen LogP contribution in [0.15, 0.2) is 22.9 Å². The Labute approximate surface area is 104 Å². The maximum absolute atomic E-state index is 11.6. The van der Waals surface area contributed by atoms with Crippen LogP contribution < -0.4 is 10.1 Å². The summed E-state index contributed by atoms with van der Waals surface area (Å²) in [6.07, 6.45) is 2.53. The van der Waals surface area contributed by atoms with E-state index in [4.69, 9.17) is 9.26 Å². The van der Waals surface area contributed by atoms with Crippen molar-refractivity contribution < 1.29 is 14.1 Å². The Bertz CT molecular complexity index is 532. The molecule has 0 aromatic carbocycles. The van der Waals surface area contributed by atoms with Crippen LogP contribution in [0.25, 0.3) is 0 Å². The van der Waals surface area contributed by atoms with Crippen molar-refractivity contribution in [3.63, 3.8) is 0 Å². The van der Waals surface area contributed by atoms with E-state index in [1.807, 2.05) is 0 Å². The highest BCUT2D eigenvalue weighted by atomic mass is 16.5. The van der Waals surface area contributed by atoms with E-state index in [9.17, 15) is 4.79 Å². The van der Waals surface area contributed by atoms with Crippen molar-refractivity contribution in [2.45, 2.75) is 12.8 Å². The molecule has 0 aliphatic heterocycles. The predicted octanol–water partition coefficient (Wildman–Crippen LogP) is 0.988. The van der Waals surface area contributed by atoms with E-state index in [1.54, 1.807) is 30.1 Å². The fourth-order valence-electron chi connectivity index (χ4n) is 1.43. The lowest BCUT2D eigenvalue weighted by Crippen LogP contribution is -2.12. The Kier molecular flexibility index (Phi) is 3.61.